The zero-order chi connectivity index (χ0) is 10.8. The van der Waals surface area contributed by atoms with Crippen molar-refractivity contribution in [2.75, 3.05) is 6.54 Å². The first kappa shape index (κ1) is 10.6. The van der Waals surface area contributed by atoms with Crippen molar-refractivity contribution in [3.63, 3.8) is 0 Å². The molecule has 1 saturated heterocycles. The van der Waals surface area contributed by atoms with Gasteiger partial charge in [0.15, 0.2) is 0 Å². The molecule has 1 fully saturated rings. The lowest BCUT2D eigenvalue weighted by atomic mass is 9.90. The molecule has 0 bridgehead atoms. The summed E-state index contributed by atoms with van der Waals surface area (Å²) in [5, 5.41) is 12.8. The summed E-state index contributed by atoms with van der Waals surface area (Å²) in [6.45, 7) is 3.24. The van der Waals surface area contributed by atoms with Crippen LogP contribution in [0.5, 0.6) is 0 Å². The number of hydrogen-bond donors (Lipinski definition) is 3. The lowest BCUT2D eigenvalue weighted by Gasteiger charge is -2.16. The summed E-state index contributed by atoms with van der Waals surface area (Å²) in [5.41, 5.74) is 5.50. The zero-order valence-corrected chi connectivity index (χ0v) is 9.68. The monoisotopic (exact) mass is 223 g/mol. The topological polar surface area (TPSA) is 61.9 Å². The molecule has 3 unspecified atom stereocenters. The Kier molecular flexibility index (Phi) is 3.07. The summed E-state index contributed by atoms with van der Waals surface area (Å²) in [4.78, 5) is 1.44. The fraction of sp³-hybridized carbons (Fsp3) is 0.545. The van der Waals surface area contributed by atoms with Crippen molar-refractivity contribution < 1.29 is 0 Å². The molecule has 4 heteroatoms. The van der Waals surface area contributed by atoms with E-state index in [-0.39, 0.29) is 11.9 Å². The highest BCUT2D eigenvalue weighted by atomic mass is 32.1. The molecule has 3 nitrogen and oxygen atoms in total. The second-order valence-electron chi connectivity index (χ2n) is 4.22. The van der Waals surface area contributed by atoms with Crippen molar-refractivity contribution in [1.29, 1.82) is 5.41 Å². The van der Waals surface area contributed by atoms with E-state index in [1.165, 1.54) is 4.88 Å². The summed E-state index contributed by atoms with van der Waals surface area (Å²) in [7, 11) is 0. The molecule has 2 heterocycles. The maximum atomic E-state index is 7.42. The van der Waals surface area contributed by atoms with Crippen LogP contribution < -0.4 is 11.1 Å². The van der Waals surface area contributed by atoms with Crippen LogP contribution >= 0.6 is 11.3 Å². The van der Waals surface area contributed by atoms with Gasteiger partial charge >= 0.3 is 0 Å². The number of amidine groups is 1. The Morgan fingerprint density at radius 1 is 1.73 bits per heavy atom. The van der Waals surface area contributed by atoms with Gasteiger partial charge < -0.3 is 11.1 Å². The average molecular weight is 223 g/mol. The fourth-order valence-corrected chi connectivity index (χ4v) is 3.04. The van der Waals surface area contributed by atoms with E-state index in [0.29, 0.717) is 11.8 Å². The Hall–Kier alpha value is -0.870. The molecule has 0 radical (unpaired) electrons. The Labute approximate surface area is 94.2 Å². The molecule has 1 aliphatic heterocycles. The zero-order valence-electron chi connectivity index (χ0n) is 8.86. The van der Waals surface area contributed by atoms with E-state index in [1.807, 2.05) is 11.3 Å². The van der Waals surface area contributed by atoms with E-state index in [9.17, 15) is 0 Å². The largest absolute Gasteiger partial charge is 0.386 e. The van der Waals surface area contributed by atoms with Gasteiger partial charge in [-0.1, -0.05) is 13.0 Å². The minimum atomic E-state index is 0.0948. The third kappa shape index (κ3) is 2.21. The van der Waals surface area contributed by atoms with Crippen molar-refractivity contribution >= 4 is 17.2 Å². The molecule has 1 aromatic heterocycles. The highest BCUT2D eigenvalue weighted by Gasteiger charge is 2.30. The quantitative estimate of drug-likeness (QED) is 0.540. The molecule has 82 valence electrons. The van der Waals surface area contributed by atoms with Gasteiger partial charge in [0.05, 0.1) is 6.04 Å². The molecule has 0 amide bonds. The van der Waals surface area contributed by atoms with Crippen LogP contribution in [0, 0.1) is 11.3 Å². The Balaban J connectivity index is 1.99. The van der Waals surface area contributed by atoms with E-state index < -0.39 is 0 Å². The minimum Gasteiger partial charge on any atom is -0.386 e. The van der Waals surface area contributed by atoms with Crippen LogP contribution in [0.4, 0.5) is 0 Å². The highest BCUT2D eigenvalue weighted by Crippen LogP contribution is 2.32. The predicted octanol–water partition coefficient (Wildman–Crippen LogP) is 1.77. The van der Waals surface area contributed by atoms with Gasteiger partial charge in [-0.3, -0.25) is 5.41 Å². The van der Waals surface area contributed by atoms with Crippen LogP contribution in [0.25, 0.3) is 0 Å². The SMILES string of the molecule is CC(c1cccs1)C1CNC(C(=N)N)C1. The van der Waals surface area contributed by atoms with E-state index in [2.05, 4.69) is 29.8 Å². The van der Waals surface area contributed by atoms with Gasteiger partial charge in [0.25, 0.3) is 0 Å². The molecule has 0 spiro atoms. The van der Waals surface area contributed by atoms with Crippen molar-refractivity contribution in [3.8, 4) is 0 Å². The Morgan fingerprint density at radius 3 is 3.07 bits per heavy atom. The Bertz CT molecular complexity index is 334. The molecule has 1 aliphatic rings. The molecule has 4 N–H and O–H groups in total. The number of nitrogens with two attached hydrogens (primary N) is 1. The van der Waals surface area contributed by atoms with Gasteiger partial charge in [-0.05, 0) is 36.2 Å². The summed E-state index contributed by atoms with van der Waals surface area (Å²) in [5.74, 6) is 1.45. The standard InChI is InChI=1S/C11H17N3S/c1-7(10-3-2-4-15-10)8-5-9(11(12)13)14-6-8/h2-4,7-9,14H,5-6H2,1H3,(H3,12,13). The third-order valence-electron chi connectivity index (χ3n) is 3.24. The summed E-state index contributed by atoms with van der Waals surface area (Å²) >= 11 is 1.81. The van der Waals surface area contributed by atoms with Crippen LogP contribution in [-0.2, 0) is 0 Å². The number of nitrogens with one attached hydrogen (secondary N) is 2. The van der Waals surface area contributed by atoms with Crippen LogP contribution in [0.1, 0.15) is 24.1 Å². The van der Waals surface area contributed by atoms with E-state index in [0.717, 1.165) is 13.0 Å². The molecule has 0 aliphatic carbocycles. The molecule has 0 aromatic carbocycles. The second kappa shape index (κ2) is 4.33. The van der Waals surface area contributed by atoms with Gasteiger partial charge in [-0.2, -0.15) is 0 Å². The molecule has 15 heavy (non-hydrogen) atoms. The molecule has 2 rings (SSSR count). The minimum absolute atomic E-state index is 0.0948. The van der Waals surface area contributed by atoms with Crippen molar-refractivity contribution in [1.82, 2.24) is 5.32 Å². The fourth-order valence-electron chi connectivity index (χ4n) is 2.16. The molecular weight excluding hydrogens is 206 g/mol. The lowest BCUT2D eigenvalue weighted by molar-refractivity contribution is 0.490. The van der Waals surface area contributed by atoms with Gasteiger partial charge in [0.1, 0.15) is 5.84 Å². The van der Waals surface area contributed by atoms with E-state index in [1.54, 1.807) is 0 Å². The molecule has 3 atom stereocenters. The van der Waals surface area contributed by atoms with Crippen molar-refractivity contribution in [3.05, 3.63) is 22.4 Å². The third-order valence-corrected chi connectivity index (χ3v) is 4.31. The summed E-state index contributed by atoms with van der Waals surface area (Å²) in [6.07, 6.45) is 0.994. The maximum Gasteiger partial charge on any atom is 0.108 e. The second-order valence-corrected chi connectivity index (χ2v) is 5.20. The smallest absolute Gasteiger partial charge is 0.108 e. The maximum absolute atomic E-state index is 7.42. The number of thiophene rings is 1. The van der Waals surface area contributed by atoms with Crippen molar-refractivity contribution in [2.45, 2.75) is 25.3 Å². The van der Waals surface area contributed by atoms with E-state index in [4.69, 9.17) is 11.1 Å². The first-order chi connectivity index (χ1) is 7.18. The summed E-state index contributed by atoms with van der Waals surface area (Å²) < 4.78 is 0. The lowest BCUT2D eigenvalue weighted by Crippen LogP contribution is -2.35. The molecule has 0 saturated carbocycles. The van der Waals surface area contributed by atoms with Gasteiger partial charge in [-0.25, -0.2) is 0 Å². The van der Waals surface area contributed by atoms with Crippen LogP contribution in [-0.4, -0.2) is 18.4 Å². The van der Waals surface area contributed by atoms with Gasteiger partial charge in [0.2, 0.25) is 0 Å². The van der Waals surface area contributed by atoms with Crippen LogP contribution in [0.15, 0.2) is 17.5 Å². The van der Waals surface area contributed by atoms with Crippen LogP contribution in [0.2, 0.25) is 0 Å². The van der Waals surface area contributed by atoms with Gasteiger partial charge in [-0.15, -0.1) is 11.3 Å². The highest BCUT2D eigenvalue weighted by molar-refractivity contribution is 7.10. The van der Waals surface area contributed by atoms with Gasteiger partial charge in [0, 0.05) is 4.88 Å². The predicted molar refractivity (Wildman–Crippen MR) is 64.5 cm³/mol. The van der Waals surface area contributed by atoms with Crippen LogP contribution in [0.3, 0.4) is 0 Å². The molecule has 1 aromatic rings. The number of rotatable bonds is 3. The molecular formula is C11H17N3S. The van der Waals surface area contributed by atoms with E-state index >= 15 is 0 Å². The first-order valence-corrected chi connectivity index (χ1v) is 6.17. The van der Waals surface area contributed by atoms with Crippen molar-refractivity contribution in [2.24, 2.45) is 11.7 Å². The average Bonchev–Trinajstić information content (AvgIpc) is 2.88. The number of hydrogen-bond acceptors (Lipinski definition) is 3. The Morgan fingerprint density at radius 2 is 2.53 bits per heavy atom. The summed E-state index contributed by atoms with van der Waals surface area (Å²) in [6, 6.07) is 4.38. The normalized spacial score (nSPS) is 27.8. The first-order valence-electron chi connectivity index (χ1n) is 5.29.